The number of hydrazone groups is 1. The third kappa shape index (κ3) is 4.79. The molecule has 0 fully saturated rings. The van der Waals surface area contributed by atoms with Crippen LogP contribution >= 0.6 is 27.5 Å². The zero-order valence-electron chi connectivity index (χ0n) is 16.1. The lowest BCUT2D eigenvalue weighted by Gasteiger charge is -2.25. The average molecular weight is 505 g/mol. The van der Waals surface area contributed by atoms with Gasteiger partial charge < -0.3 is 10.1 Å². The van der Waals surface area contributed by atoms with Gasteiger partial charge >= 0.3 is 12.2 Å². The van der Waals surface area contributed by atoms with Crippen molar-refractivity contribution in [3.63, 3.8) is 0 Å². The number of nitrogens with zero attached hydrogens (tertiary/aromatic N) is 2. The Hall–Kier alpha value is -2.10. The Balaban J connectivity index is 1.91. The number of carbonyl (C=O) groups excluding carboxylic acids is 1. The van der Waals surface area contributed by atoms with Crippen LogP contribution in [0.1, 0.15) is 18.1 Å². The second-order valence-corrected chi connectivity index (χ2v) is 8.45. The molecule has 2 aromatic rings. The van der Waals surface area contributed by atoms with Crippen LogP contribution in [0.2, 0.25) is 5.02 Å². The molecule has 160 valence electrons. The Morgan fingerprint density at radius 3 is 2.53 bits per heavy atom. The van der Waals surface area contributed by atoms with Gasteiger partial charge in [0.05, 0.1) is 34.9 Å². The smallest absolute Gasteiger partial charge is 0.384 e. The lowest BCUT2D eigenvalue weighted by atomic mass is 9.83. The average Bonchev–Trinajstić information content (AvgIpc) is 3.00. The Kier molecular flexibility index (Phi) is 6.45. The number of nitrogens with one attached hydrogen (secondary N) is 1. The summed E-state index contributed by atoms with van der Waals surface area (Å²) in [6.45, 7) is 2.23. The van der Waals surface area contributed by atoms with Crippen molar-refractivity contribution in [3.8, 4) is 0 Å². The van der Waals surface area contributed by atoms with Gasteiger partial charge in [0, 0.05) is 17.3 Å². The van der Waals surface area contributed by atoms with E-state index in [9.17, 15) is 18.0 Å². The number of halogens is 5. The van der Waals surface area contributed by atoms with Gasteiger partial charge in [-0.1, -0.05) is 33.6 Å². The van der Waals surface area contributed by atoms with Crippen molar-refractivity contribution < 1.29 is 22.7 Å². The van der Waals surface area contributed by atoms with Crippen molar-refractivity contribution in [1.29, 1.82) is 0 Å². The molecule has 5 nitrogen and oxygen atoms in total. The second kappa shape index (κ2) is 8.56. The summed E-state index contributed by atoms with van der Waals surface area (Å²) in [4.78, 5) is 12.7. The first-order valence-corrected chi connectivity index (χ1v) is 10.00. The number of urea groups is 1. The predicted octanol–water partition coefficient (Wildman–Crippen LogP) is 6.03. The fourth-order valence-corrected chi connectivity index (χ4v) is 3.80. The van der Waals surface area contributed by atoms with Crippen LogP contribution in [-0.2, 0) is 10.9 Å². The van der Waals surface area contributed by atoms with Gasteiger partial charge in [0.1, 0.15) is 0 Å². The van der Waals surface area contributed by atoms with Crippen LogP contribution in [0.3, 0.4) is 0 Å². The minimum absolute atomic E-state index is 0.192. The molecule has 0 spiro atoms. The topological polar surface area (TPSA) is 53.9 Å². The van der Waals surface area contributed by atoms with Crippen LogP contribution in [-0.4, -0.2) is 37.0 Å². The van der Waals surface area contributed by atoms with E-state index in [1.54, 1.807) is 24.3 Å². The van der Waals surface area contributed by atoms with Crippen LogP contribution < -0.4 is 5.32 Å². The molecule has 30 heavy (non-hydrogen) atoms. The first-order valence-electron chi connectivity index (χ1n) is 8.83. The largest absolute Gasteiger partial charge is 0.417 e. The molecule has 0 saturated heterocycles. The second-order valence-electron chi connectivity index (χ2n) is 7.13. The SMILES string of the molecule is COCC1(C)CN(C(=O)Nc2ccc(Br)cc2)N=C1c1ccc(C(F)(F)F)c(Cl)c1. The number of amides is 2. The standard InChI is InChI=1S/C20H18BrClF3N3O2/c1-19(11-30-2)10-28(18(29)26-14-6-4-13(21)5-7-14)27-17(19)12-3-8-15(16(22)9-12)20(23,24)25/h3-9H,10-11H2,1-2H3,(H,26,29). The van der Waals surface area contributed by atoms with Gasteiger partial charge in [-0.25, -0.2) is 9.80 Å². The third-order valence-electron chi connectivity index (χ3n) is 4.63. The zero-order valence-corrected chi connectivity index (χ0v) is 18.4. The molecule has 1 aliphatic heterocycles. The van der Waals surface area contributed by atoms with Crippen molar-refractivity contribution in [1.82, 2.24) is 5.01 Å². The highest BCUT2D eigenvalue weighted by Crippen LogP contribution is 2.38. The fourth-order valence-electron chi connectivity index (χ4n) is 3.25. The Morgan fingerprint density at radius 1 is 1.30 bits per heavy atom. The van der Waals surface area contributed by atoms with E-state index < -0.39 is 28.2 Å². The molecule has 2 amide bonds. The van der Waals surface area contributed by atoms with Crippen molar-refractivity contribution in [2.24, 2.45) is 10.5 Å². The fraction of sp³-hybridized carbons (Fsp3) is 0.300. The van der Waals surface area contributed by atoms with Gasteiger partial charge in [-0.05, 0) is 48.9 Å². The van der Waals surface area contributed by atoms with Gasteiger partial charge in [0.2, 0.25) is 0 Å². The van der Waals surface area contributed by atoms with Crippen LogP contribution in [0.15, 0.2) is 52.0 Å². The van der Waals surface area contributed by atoms with Crippen LogP contribution in [0.25, 0.3) is 0 Å². The number of hydrogen-bond donors (Lipinski definition) is 1. The highest BCUT2D eigenvalue weighted by atomic mass is 79.9. The molecule has 1 unspecified atom stereocenters. The molecular formula is C20H18BrClF3N3O2. The van der Waals surface area contributed by atoms with Crippen LogP contribution in [0.4, 0.5) is 23.7 Å². The molecule has 1 heterocycles. The maximum Gasteiger partial charge on any atom is 0.417 e. The van der Waals surface area contributed by atoms with Crippen molar-refractivity contribution in [2.75, 3.05) is 25.6 Å². The molecule has 3 rings (SSSR count). The van der Waals surface area contributed by atoms with E-state index in [1.165, 1.54) is 24.3 Å². The van der Waals surface area contributed by atoms with E-state index in [1.807, 2.05) is 6.92 Å². The van der Waals surface area contributed by atoms with Crippen molar-refractivity contribution in [3.05, 3.63) is 63.1 Å². The summed E-state index contributed by atoms with van der Waals surface area (Å²) < 4.78 is 45.3. The minimum atomic E-state index is -4.56. The van der Waals surface area contributed by atoms with Gasteiger partial charge in [-0.3, -0.25) is 0 Å². The maximum absolute atomic E-state index is 13.0. The summed E-state index contributed by atoms with van der Waals surface area (Å²) in [5, 5.41) is 7.94. The first-order chi connectivity index (χ1) is 14.0. The minimum Gasteiger partial charge on any atom is -0.384 e. The molecule has 0 radical (unpaired) electrons. The van der Waals surface area contributed by atoms with Crippen LogP contribution in [0, 0.1) is 5.41 Å². The molecule has 1 aliphatic rings. The third-order valence-corrected chi connectivity index (χ3v) is 5.47. The Labute approximate surface area is 185 Å². The number of methoxy groups -OCH3 is 1. The molecular weight excluding hydrogens is 487 g/mol. The molecule has 10 heteroatoms. The number of carbonyl (C=O) groups is 1. The van der Waals surface area contributed by atoms with E-state index in [4.69, 9.17) is 16.3 Å². The van der Waals surface area contributed by atoms with Gasteiger partial charge in [-0.15, -0.1) is 0 Å². The summed E-state index contributed by atoms with van der Waals surface area (Å²) in [5.74, 6) is 0. The van der Waals surface area contributed by atoms with E-state index >= 15 is 0 Å². The van der Waals surface area contributed by atoms with Gasteiger partial charge in [0.25, 0.3) is 0 Å². The maximum atomic E-state index is 13.0. The molecule has 1 atom stereocenters. The lowest BCUT2D eigenvalue weighted by molar-refractivity contribution is -0.137. The number of hydrogen-bond acceptors (Lipinski definition) is 3. The molecule has 0 aliphatic carbocycles. The van der Waals surface area contributed by atoms with Gasteiger partial charge in [0.15, 0.2) is 0 Å². The van der Waals surface area contributed by atoms with E-state index in [0.717, 1.165) is 10.5 Å². The first kappa shape index (κ1) is 22.6. The molecule has 1 N–H and O–H groups in total. The summed E-state index contributed by atoms with van der Waals surface area (Å²) >= 11 is 9.21. The van der Waals surface area contributed by atoms with E-state index in [2.05, 4.69) is 26.3 Å². The number of alkyl halides is 3. The van der Waals surface area contributed by atoms with Crippen LogP contribution in [0.5, 0.6) is 0 Å². The quantitative estimate of drug-likeness (QED) is 0.553. The normalized spacial score (nSPS) is 19.0. The molecule has 0 saturated carbocycles. The number of ether oxygens (including phenoxy) is 1. The van der Waals surface area contributed by atoms with E-state index in [-0.39, 0.29) is 13.2 Å². The predicted molar refractivity (Wildman–Crippen MR) is 113 cm³/mol. The number of rotatable bonds is 4. The highest BCUT2D eigenvalue weighted by Gasteiger charge is 2.42. The highest BCUT2D eigenvalue weighted by molar-refractivity contribution is 9.10. The Bertz CT molecular complexity index is 982. The van der Waals surface area contributed by atoms with Crippen molar-refractivity contribution >= 4 is 45.0 Å². The van der Waals surface area contributed by atoms with E-state index in [0.29, 0.717) is 17.0 Å². The molecule has 0 bridgehead atoms. The summed E-state index contributed by atoms with van der Waals surface area (Å²) in [7, 11) is 1.51. The zero-order chi connectivity index (χ0) is 22.1. The summed E-state index contributed by atoms with van der Waals surface area (Å²) in [5.41, 5.74) is -0.255. The Morgan fingerprint density at radius 2 is 1.97 bits per heavy atom. The molecule has 2 aromatic carbocycles. The summed E-state index contributed by atoms with van der Waals surface area (Å²) in [6.07, 6.45) is -4.56. The number of anilines is 1. The molecule has 0 aromatic heterocycles. The lowest BCUT2D eigenvalue weighted by Crippen LogP contribution is -2.38. The van der Waals surface area contributed by atoms with Gasteiger partial charge in [-0.2, -0.15) is 18.3 Å². The van der Waals surface area contributed by atoms with Crippen molar-refractivity contribution in [2.45, 2.75) is 13.1 Å². The summed E-state index contributed by atoms with van der Waals surface area (Å²) in [6, 6.07) is 10.00. The monoisotopic (exact) mass is 503 g/mol. The number of benzene rings is 2.